The Bertz CT molecular complexity index is 365. The number of hydrogen-bond donors (Lipinski definition) is 2. The first-order valence-corrected chi connectivity index (χ1v) is 6.12. The Morgan fingerprint density at radius 1 is 1.21 bits per heavy atom. The van der Waals surface area contributed by atoms with Gasteiger partial charge >= 0.3 is 6.36 Å². The quantitative estimate of drug-likeness (QED) is 0.753. The van der Waals surface area contributed by atoms with Gasteiger partial charge in [0.05, 0.1) is 0 Å². The van der Waals surface area contributed by atoms with Gasteiger partial charge in [0.15, 0.2) is 0 Å². The summed E-state index contributed by atoms with van der Waals surface area (Å²) in [4.78, 5) is 0. The third-order valence-corrected chi connectivity index (χ3v) is 2.65. The fraction of sp³-hybridized carbons (Fsp3) is 0.538. The van der Waals surface area contributed by atoms with Crippen LogP contribution in [0.25, 0.3) is 0 Å². The first-order valence-electron chi connectivity index (χ1n) is 6.12. The lowest BCUT2D eigenvalue weighted by Gasteiger charge is -2.15. The molecule has 0 aromatic heterocycles. The van der Waals surface area contributed by atoms with Crippen LogP contribution >= 0.6 is 0 Å². The molecule has 0 fully saturated rings. The zero-order valence-electron chi connectivity index (χ0n) is 10.7. The molecule has 1 rings (SSSR count). The number of hydrogen-bond acceptors (Lipinski definition) is 3. The Labute approximate surface area is 110 Å². The van der Waals surface area contributed by atoms with Gasteiger partial charge in [-0.1, -0.05) is 12.1 Å². The fourth-order valence-electron chi connectivity index (χ4n) is 1.63. The largest absolute Gasteiger partial charge is 0.573 e. The molecule has 6 heteroatoms. The number of ether oxygens (including phenoxy) is 1. The number of rotatable bonds is 7. The third kappa shape index (κ3) is 6.45. The maximum atomic E-state index is 12.0. The molecule has 0 saturated carbocycles. The highest BCUT2D eigenvalue weighted by molar-refractivity contribution is 5.29. The first kappa shape index (κ1) is 15.8. The maximum Gasteiger partial charge on any atom is 0.573 e. The highest BCUT2D eigenvalue weighted by atomic mass is 19.4. The number of benzene rings is 1. The zero-order valence-corrected chi connectivity index (χ0v) is 10.7. The summed E-state index contributed by atoms with van der Waals surface area (Å²) in [5.41, 5.74) is 0.888. The van der Waals surface area contributed by atoms with Gasteiger partial charge in [0.25, 0.3) is 0 Å². The number of halogens is 3. The molecule has 108 valence electrons. The Morgan fingerprint density at radius 2 is 1.84 bits per heavy atom. The fourth-order valence-corrected chi connectivity index (χ4v) is 1.63. The van der Waals surface area contributed by atoms with Crippen molar-refractivity contribution >= 4 is 0 Å². The summed E-state index contributed by atoms with van der Waals surface area (Å²) in [6.07, 6.45) is -3.07. The lowest BCUT2D eigenvalue weighted by molar-refractivity contribution is -0.274. The number of alkyl halides is 3. The van der Waals surface area contributed by atoms with E-state index in [2.05, 4.69) is 10.1 Å². The van der Waals surface area contributed by atoms with E-state index in [0.29, 0.717) is 0 Å². The molecule has 1 unspecified atom stereocenters. The number of aliphatic hydroxyl groups is 1. The van der Waals surface area contributed by atoms with Gasteiger partial charge in [-0.3, -0.25) is 0 Å². The van der Waals surface area contributed by atoms with Gasteiger partial charge in [0.2, 0.25) is 0 Å². The van der Waals surface area contributed by atoms with E-state index in [4.69, 9.17) is 5.11 Å². The molecule has 1 aromatic rings. The Balaban J connectivity index is 2.46. The van der Waals surface area contributed by atoms with E-state index < -0.39 is 6.36 Å². The molecule has 0 radical (unpaired) electrons. The van der Waals surface area contributed by atoms with Crippen molar-refractivity contribution in [2.24, 2.45) is 0 Å². The predicted molar refractivity (Wildman–Crippen MR) is 65.9 cm³/mol. The van der Waals surface area contributed by atoms with E-state index in [1.54, 1.807) is 12.1 Å². The Morgan fingerprint density at radius 3 is 2.37 bits per heavy atom. The van der Waals surface area contributed by atoms with Crippen molar-refractivity contribution in [2.75, 3.05) is 13.2 Å². The standard InChI is InChI=1S/C13H18F3NO2/c1-10(17-8-2-3-9-18)11-4-6-12(7-5-11)19-13(14,15)16/h4-7,10,17-18H,2-3,8-9H2,1H3. The van der Waals surface area contributed by atoms with Crippen LogP contribution in [-0.2, 0) is 0 Å². The van der Waals surface area contributed by atoms with Crippen molar-refractivity contribution in [1.82, 2.24) is 5.32 Å². The van der Waals surface area contributed by atoms with Crippen LogP contribution in [0.15, 0.2) is 24.3 Å². The molecule has 19 heavy (non-hydrogen) atoms. The Kier molecular flexibility index (Phi) is 6.11. The van der Waals surface area contributed by atoms with Gasteiger partial charge < -0.3 is 15.2 Å². The van der Waals surface area contributed by atoms with Gasteiger partial charge in [0, 0.05) is 12.6 Å². The summed E-state index contributed by atoms with van der Waals surface area (Å²) in [7, 11) is 0. The normalized spacial score (nSPS) is 13.3. The molecule has 0 heterocycles. The van der Waals surface area contributed by atoms with E-state index in [-0.39, 0.29) is 18.4 Å². The first-order chi connectivity index (χ1) is 8.92. The summed E-state index contributed by atoms with van der Waals surface area (Å²) in [5.74, 6) is -0.219. The molecule has 1 atom stereocenters. The number of unbranched alkanes of at least 4 members (excludes halogenated alkanes) is 1. The van der Waals surface area contributed by atoms with Crippen molar-refractivity contribution < 1.29 is 23.0 Å². The minimum atomic E-state index is -4.66. The van der Waals surface area contributed by atoms with E-state index >= 15 is 0 Å². The maximum absolute atomic E-state index is 12.0. The summed E-state index contributed by atoms with van der Waals surface area (Å²) in [5, 5.41) is 11.9. The van der Waals surface area contributed by atoms with Gasteiger partial charge in [-0.05, 0) is 44.0 Å². The second-order valence-electron chi connectivity index (χ2n) is 4.22. The summed E-state index contributed by atoms with van der Waals surface area (Å²) in [6.45, 7) is 2.85. The topological polar surface area (TPSA) is 41.5 Å². The molecule has 0 amide bonds. The second-order valence-corrected chi connectivity index (χ2v) is 4.22. The third-order valence-electron chi connectivity index (χ3n) is 2.65. The van der Waals surface area contributed by atoms with Gasteiger partial charge in [-0.2, -0.15) is 0 Å². The summed E-state index contributed by atoms with van der Waals surface area (Å²) in [6, 6.07) is 5.84. The molecule has 0 spiro atoms. The highest BCUT2D eigenvalue weighted by Crippen LogP contribution is 2.24. The van der Waals surface area contributed by atoms with Crippen LogP contribution in [0.1, 0.15) is 31.4 Å². The molecule has 1 aromatic carbocycles. The van der Waals surface area contributed by atoms with Gasteiger partial charge in [-0.25, -0.2) is 0 Å². The average molecular weight is 277 g/mol. The van der Waals surface area contributed by atoms with Gasteiger partial charge in [0.1, 0.15) is 5.75 Å². The molecule has 0 aliphatic heterocycles. The van der Waals surface area contributed by atoms with Crippen molar-refractivity contribution in [3.8, 4) is 5.75 Å². The molecule has 0 saturated heterocycles. The smallest absolute Gasteiger partial charge is 0.406 e. The lowest BCUT2D eigenvalue weighted by Crippen LogP contribution is -2.20. The predicted octanol–water partition coefficient (Wildman–Crippen LogP) is 3.01. The van der Waals surface area contributed by atoms with Crippen LogP contribution in [0, 0.1) is 0 Å². The zero-order chi connectivity index (χ0) is 14.3. The van der Waals surface area contributed by atoms with Crippen molar-refractivity contribution in [1.29, 1.82) is 0 Å². The SMILES string of the molecule is CC(NCCCCO)c1ccc(OC(F)(F)F)cc1. The van der Waals surface area contributed by atoms with E-state index in [1.165, 1.54) is 12.1 Å². The van der Waals surface area contributed by atoms with Crippen LogP contribution < -0.4 is 10.1 Å². The minimum Gasteiger partial charge on any atom is -0.406 e. The van der Waals surface area contributed by atoms with E-state index in [9.17, 15) is 13.2 Å². The number of aliphatic hydroxyl groups excluding tert-OH is 1. The van der Waals surface area contributed by atoms with Gasteiger partial charge in [-0.15, -0.1) is 13.2 Å². The summed E-state index contributed by atoms with van der Waals surface area (Å²) >= 11 is 0. The van der Waals surface area contributed by atoms with Crippen molar-refractivity contribution in [2.45, 2.75) is 32.2 Å². The molecule has 0 aliphatic rings. The van der Waals surface area contributed by atoms with Crippen LogP contribution in [0.5, 0.6) is 5.75 Å². The van der Waals surface area contributed by atoms with Crippen LogP contribution in [0.2, 0.25) is 0 Å². The van der Waals surface area contributed by atoms with E-state index in [1.807, 2.05) is 6.92 Å². The highest BCUT2D eigenvalue weighted by Gasteiger charge is 2.30. The number of nitrogens with one attached hydrogen (secondary N) is 1. The second kappa shape index (κ2) is 7.35. The molecular weight excluding hydrogens is 259 g/mol. The molecule has 0 bridgehead atoms. The van der Waals surface area contributed by atoms with Crippen LogP contribution in [0.4, 0.5) is 13.2 Å². The van der Waals surface area contributed by atoms with E-state index in [0.717, 1.165) is 24.9 Å². The summed E-state index contributed by atoms with van der Waals surface area (Å²) < 4.78 is 39.8. The monoisotopic (exact) mass is 277 g/mol. The van der Waals surface area contributed by atoms with Crippen LogP contribution in [0.3, 0.4) is 0 Å². The van der Waals surface area contributed by atoms with Crippen molar-refractivity contribution in [3.05, 3.63) is 29.8 Å². The van der Waals surface area contributed by atoms with Crippen LogP contribution in [-0.4, -0.2) is 24.6 Å². The molecule has 2 N–H and O–H groups in total. The lowest BCUT2D eigenvalue weighted by atomic mass is 10.1. The van der Waals surface area contributed by atoms with Crippen molar-refractivity contribution in [3.63, 3.8) is 0 Å². The molecule has 0 aliphatic carbocycles. The minimum absolute atomic E-state index is 0.0404. The molecule has 3 nitrogen and oxygen atoms in total. The molecular formula is C13H18F3NO2. The average Bonchev–Trinajstić information content (AvgIpc) is 2.33. The Hall–Kier alpha value is -1.27.